The average molecular weight is 408 g/mol. The van der Waals surface area contributed by atoms with Gasteiger partial charge < -0.3 is 15.0 Å². The van der Waals surface area contributed by atoms with Crippen molar-refractivity contribution in [1.29, 1.82) is 0 Å². The van der Waals surface area contributed by atoms with E-state index >= 15 is 0 Å². The molecule has 0 aliphatic carbocycles. The lowest BCUT2D eigenvalue weighted by Gasteiger charge is -2.32. The number of amides is 2. The summed E-state index contributed by atoms with van der Waals surface area (Å²) < 4.78 is 43.8. The highest BCUT2D eigenvalue weighted by molar-refractivity contribution is 5.74. The van der Waals surface area contributed by atoms with E-state index in [4.69, 9.17) is 4.74 Å². The Morgan fingerprint density at radius 3 is 2.79 bits per heavy atom. The van der Waals surface area contributed by atoms with Gasteiger partial charge in [-0.3, -0.25) is 0 Å². The Balaban J connectivity index is 1.45. The SMILES string of the molecule is O=C(NCCCc1ccccc1)N1CCCC(Oc2nccc(C(F)(F)F)n2)C1. The maximum absolute atomic E-state index is 12.8. The van der Waals surface area contributed by atoms with Gasteiger partial charge in [-0.2, -0.15) is 18.2 Å². The molecule has 9 heteroatoms. The molecule has 1 saturated heterocycles. The van der Waals surface area contributed by atoms with Gasteiger partial charge in [-0.1, -0.05) is 30.3 Å². The lowest BCUT2D eigenvalue weighted by Crippen LogP contribution is -2.48. The van der Waals surface area contributed by atoms with Crippen LogP contribution in [0.3, 0.4) is 0 Å². The molecular weight excluding hydrogens is 385 g/mol. The first-order chi connectivity index (χ1) is 13.9. The summed E-state index contributed by atoms with van der Waals surface area (Å²) in [6.45, 7) is 1.41. The zero-order valence-electron chi connectivity index (χ0n) is 15.9. The van der Waals surface area contributed by atoms with Crippen LogP contribution in [0.15, 0.2) is 42.6 Å². The van der Waals surface area contributed by atoms with E-state index in [-0.39, 0.29) is 18.6 Å². The summed E-state index contributed by atoms with van der Waals surface area (Å²) >= 11 is 0. The van der Waals surface area contributed by atoms with Gasteiger partial charge in [-0.25, -0.2) is 9.78 Å². The summed E-state index contributed by atoms with van der Waals surface area (Å²) in [5.41, 5.74) is 0.167. The van der Waals surface area contributed by atoms with Crippen LogP contribution in [0.1, 0.15) is 30.5 Å². The van der Waals surface area contributed by atoms with Crippen molar-refractivity contribution in [2.45, 2.75) is 38.0 Å². The standard InChI is InChI=1S/C20H23F3N4O2/c21-20(22,23)17-10-12-24-18(26-17)29-16-9-5-13-27(14-16)19(28)25-11-4-8-15-6-2-1-3-7-15/h1-3,6-7,10,12,16H,4-5,8-9,11,13-14H2,(H,25,28). The molecule has 1 aromatic carbocycles. The lowest BCUT2D eigenvalue weighted by atomic mass is 10.1. The number of likely N-dealkylation sites (tertiary alicyclic amines) is 1. The Morgan fingerprint density at radius 2 is 2.03 bits per heavy atom. The Kier molecular flexibility index (Phi) is 6.90. The molecule has 0 spiro atoms. The molecule has 1 N–H and O–H groups in total. The van der Waals surface area contributed by atoms with Crippen LogP contribution in [0.5, 0.6) is 6.01 Å². The number of aromatic nitrogens is 2. The summed E-state index contributed by atoms with van der Waals surface area (Å²) in [6.07, 6.45) is -0.966. The number of ether oxygens (including phenoxy) is 1. The second kappa shape index (κ2) is 9.58. The minimum atomic E-state index is -4.56. The highest BCUT2D eigenvalue weighted by Gasteiger charge is 2.33. The smallest absolute Gasteiger partial charge is 0.433 e. The van der Waals surface area contributed by atoms with Gasteiger partial charge >= 0.3 is 18.2 Å². The summed E-state index contributed by atoms with van der Waals surface area (Å²) in [5.74, 6) is 0. The van der Waals surface area contributed by atoms with Crippen LogP contribution in [0.2, 0.25) is 0 Å². The molecule has 1 atom stereocenters. The number of carbonyl (C=O) groups is 1. The second-order valence-corrected chi connectivity index (χ2v) is 6.87. The van der Waals surface area contributed by atoms with Crippen molar-refractivity contribution < 1.29 is 22.7 Å². The number of halogens is 3. The number of urea groups is 1. The van der Waals surface area contributed by atoms with Crippen molar-refractivity contribution in [1.82, 2.24) is 20.2 Å². The number of carbonyl (C=O) groups excluding carboxylic acids is 1. The van der Waals surface area contributed by atoms with Crippen LogP contribution < -0.4 is 10.1 Å². The first-order valence-electron chi connectivity index (χ1n) is 9.55. The second-order valence-electron chi connectivity index (χ2n) is 6.87. The van der Waals surface area contributed by atoms with E-state index < -0.39 is 18.0 Å². The number of nitrogens with one attached hydrogen (secondary N) is 1. The number of aryl methyl sites for hydroxylation is 1. The molecular formula is C20H23F3N4O2. The van der Waals surface area contributed by atoms with Gasteiger partial charge in [0.15, 0.2) is 5.69 Å². The lowest BCUT2D eigenvalue weighted by molar-refractivity contribution is -0.141. The first kappa shape index (κ1) is 20.9. The van der Waals surface area contributed by atoms with Crippen LogP contribution in [-0.4, -0.2) is 46.6 Å². The molecule has 0 bridgehead atoms. The first-order valence-corrected chi connectivity index (χ1v) is 9.55. The van der Waals surface area contributed by atoms with Gasteiger partial charge in [-0.15, -0.1) is 0 Å². The van der Waals surface area contributed by atoms with Crippen molar-refractivity contribution in [3.63, 3.8) is 0 Å². The van der Waals surface area contributed by atoms with Gasteiger partial charge in [0, 0.05) is 19.3 Å². The molecule has 0 radical (unpaired) electrons. The molecule has 29 heavy (non-hydrogen) atoms. The van der Waals surface area contributed by atoms with Crippen molar-refractivity contribution in [3.8, 4) is 6.01 Å². The fourth-order valence-electron chi connectivity index (χ4n) is 3.17. The maximum Gasteiger partial charge on any atom is 0.433 e. The van der Waals surface area contributed by atoms with E-state index in [2.05, 4.69) is 15.3 Å². The van der Waals surface area contributed by atoms with Gasteiger partial charge in [-0.05, 0) is 37.3 Å². The van der Waals surface area contributed by atoms with Crippen LogP contribution in [-0.2, 0) is 12.6 Å². The predicted octanol–water partition coefficient (Wildman–Crippen LogP) is 3.68. The molecule has 1 unspecified atom stereocenters. The number of nitrogens with zero attached hydrogens (tertiary/aromatic N) is 3. The quantitative estimate of drug-likeness (QED) is 0.741. The van der Waals surface area contributed by atoms with E-state index in [9.17, 15) is 18.0 Å². The van der Waals surface area contributed by atoms with Gasteiger partial charge in [0.05, 0.1) is 6.54 Å². The zero-order valence-corrected chi connectivity index (χ0v) is 15.9. The normalized spacial score (nSPS) is 17.1. The van der Waals surface area contributed by atoms with Gasteiger partial charge in [0.1, 0.15) is 6.10 Å². The predicted molar refractivity (Wildman–Crippen MR) is 100 cm³/mol. The fraction of sp³-hybridized carbons (Fsp3) is 0.450. The summed E-state index contributed by atoms with van der Waals surface area (Å²) in [6, 6.07) is 10.3. The van der Waals surface area contributed by atoms with E-state index in [1.807, 2.05) is 30.3 Å². The molecule has 0 saturated carbocycles. The fourth-order valence-corrected chi connectivity index (χ4v) is 3.17. The van der Waals surface area contributed by atoms with Crippen LogP contribution in [0, 0.1) is 0 Å². The Labute approximate surface area is 167 Å². The average Bonchev–Trinajstić information content (AvgIpc) is 2.72. The van der Waals surface area contributed by atoms with Crippen LogP contribution >= 0.6 is 0 Å². The molecule has 6 nitrogen and oxygen atoms in total. The van der Waals surface area contributed by atoms with E-state index in [1.54, 1.807) is 4.90 Å². The summed E-state index contributed by atoms with van der Waals surface area (Å²) in [7, 11) is 0. The number of rotatable bonds is 6. The minimum absolute atomic E-state index is 0.198. The van der Waals surface area contributed by atoms with Crippen molar-refractivity contribution >= 4 is 6.03 Å². The van der Waals surface area contributed by atoms with Crippen molar-refractivity contribution in [3.05, 3.63) is 53.9 Å². The topological polar surface area (TPSA) is 67.4 Å². The number of piperidine rings is 1. The molecule has 1 aromatic heterocycles. The molecule has 2 aromatic rings. The zero-order chi connectivity index (χ0) is 20.7. The molecule has 1 aliphatic rings. The minimum Gasteiger partial charge on any atom is -0.458 e. The molecule has 1 aliphatic heterocycles. The number of benzene rings is 1. The van der Waals surface area contributed by atoms with Crippen molar-refractivity contribution in [2.24, 2.45) is 0 Å². The summed E-state index contributed by atoms with van der Waals surface area (Å²) in [4.78, 5) is 21.2. The Bertz CT molecular complexity index is 802. The van der Waals surface area contributed by atoms with E-state index in [0.717, 1.165) is 25.1 Å². The van der Waals surface area contributed by atoms with Crippen molar-refractivity contribution in [2.75, 3.05) is 19.6 Å². The molecule has 3 rings (SSSR count). The Morgan fingerprint density at radius 1 is 1.24 bits per heavy atom. The van der Waals surface area contributed by atoms with Crippen LogP contribution in [0.4, 0.5) is 18.0 Å². The van der Waals surface area contributed by atoms with E-state index in [0.29, 0.717) is 25.9 Å². The highest BCUT2D eigenvalue weighted by Crippen LogP contribution is 2.28. The number of hydrogen-bond acceptors (Lipinski definition) is 4. The maximum atomic E-state index is 12.8. The molecule has 1 fully saturated rings. The van der Waals surface area contributed by atoms with Gasteiger partial charge in [0.2, 0.25) is 0 Å². The molecule has 2 amide bonds. The third kappa shape index (κ3) is 6.33. The van der Waals surface area contributed by atoms with E-state index in [1.165, 1.54) is 5.56 Å². The highest BCUT2D eigenvalue weighted by atomic mass is 19.4. The molecule has 2 heterocycles. The van der Waals surface area contributed by atoms with Gasteiger partial charge in [0.25, 0.3) is 0 Å². The third-order valence-electron chi connectivity index (χ3n) is 4.62. The Hall–Kier alpha value is -2.84. The van der Waals surface area contributed by atoms with Crippen LogP contribution in [0.25, 0.3) is 0 Å². The largest absolute Gasteiger partial charge is 0.458 e. The third-order valence-corrected chi connectivity index (χ3v) is 4.62. The number of hydrogen-bond donors (Lipinski definition) is 1. The number of alkyl halides is 3. The summed E-state index contributed by atoms with van der Waals surface area (Å²) in [5, 5.41) is 2.89. The monoisotopic (exact) mass is 408 g/mol. The molecule has 156 valence electrons.